The number of nitrogens with one attached hydrogen (secondary N) is 1. The Labute approximate surface area is 104 Å². The van der Waals surface area contributed by atoms with Gasteiger partial charge in [-0.15, -0.1) is 0 Å². The first kappa shape index (κ1) is 16.2. The van der Waals surface area contributed by atoms with Gasteiger partial charge in [-0.3, -0.25) is 4.79 Å². The Balaban J connectivity index is 4.59. The topological polar surface area (TPSA) is 133 Å². The van der Waals surface area contributed by atoms with Crippen molar-refractivity contribution in [3.8, 4) is 0 Å². The molecule has 4 N–H and O–H groups in total. The zero-order chi connectivity index (χ0) is 14.5. The van der Waals surface area contributed by atoms with E-state index in [9.17, 15) is 19.5 Å². The van der Waals surface area contributed by atoms with Crippen LogP contribution in [0.2, 0.25) is 0 Å². The zero-order valence-electron chi connectivity index (χ0n) is 10.3. The summed E-state index contributed by atoms with van der Waals surface area (Å²) in [5.41, 5.74) is -0.828. The minimum Gasteiger partial charge on any atom is -0.481 e. The maximum Gasteiger partial charge on any atom is 0.408 e. The highest BCUT2D eigenvalue weighted by molar-refractivity contribution is 5.81. The van der Waals surface area contributed by atoms with Gasteiger partial charge in [0.2, 0.25) is 0 Å². The molecule has 18 heavy (non-hydrogen) atoms. The number of carboxylic acid groups (broad SMARTS) is 2. The third-order valence-corrected chi connectivity index (χ3v) is 1.71. The van der Waals surface area contributed by atoms with E-state index in [0.717, 1.165) is 0 Å². The maximum absolute atomic E-state index is 11.3. The third kappa shape index (κ3) is 6.69. The van der Waals surface area contributed by atoms with Crippen molar-refractivity contribution in [1.82, 2.24) is 5.32 Å². The van der Waals surface area contributed by atoms with Crippen LogP contribution < -0.4 is 5.32 Å². The minimum absolute atomic E-state index is 0.799. The molecule has 0 spiro atoms. The van der Waals surface area contributed by atoms with Crippen LogP contribution >= 0.6 is 0 Å². The molecule has 0 bridgehead atoms. The molecule has 0 aliphatic carbocycles. The molecule has 0 fully saturated rings. The van der Waals surface area contributed by atoms with E-state index in [1.54, 1.807) is 20.8 Å². The maximum atomic E-state index is 11.3. The molecular formula is C10H17NO7. The summed E-state index contributed by atoms with van der Waals surface area (Å²) in [6.45, 7) is 4.74. The number of ether oxygens (including phenoxy) is 1. The first-order valence-corrected chi connectivity index (χ1v) is 5.15. The van der Waals surface area contributed by atoms with E-state index in [4.69, 9.17) is 14.9 Å². The number of aliphatic hydroxyl groups is 1. The van der Waals surface area contributed by atoms with E-state index in [1.807, 2.05) is 5.32 Å². The van der Waals surface area contributed by atoms with E-state index < -0.39 is 42.2 Å². The van der Waals surface area contributed by atoms with E-state index in [2.05, 4.69) is 0 Å². The summed E-state index contributed by atoms with van der Waals surface area (Å²) in [5.74, 6) is -2.92. The lowest BCUT2D eigenvalue weighted by Crippen LogP contribution is -2.50. The van der Waals surface area contributed by atoms with Gasteiger partial charge in [-0.05, 0) is 20.8 Å². The summed E-state index contributed by atoms with van der Waals surface area (Å²) in [4.78, 5) is 32.5. The monoisotopic (exact) mass is 263 g/mol. The van der Waals surface area contributed by atoms with Crippen LogP contribution in [0.4, 0.5) is 4.79 Å². The van der Waals surface area contributed by atoms with Crippen molar-refractivity contribution in [2.24, 2.45) is 0 Å². The largest absolute Gasteiger partial charge is 0.481 e. The fourth-order valence-corrected chi connectivity index (χ4v) is 1.05. The number of carbonyl (C=O) groups excluding carboxylic acids is 1. The average molecular weight is 263 g/mol. The summed E-state index contributed by atoms with van der Waals surface area (Å²) in [5, 5.41) is 28.5. The molecule has 0 saturated carbocycles. The van der Waals surface area contributed by atoms with Crippen LogP contribution in [0.1, 0.15) is 27.2 Å². The quantitative estimate of drug-likeness (QED) is 0.539. The summed E-state index contributed by atoms with van der Waals surface area (Å²) in [6, 6.07) is -1.74. The van der Waals surface area contributed by atoms with Crippen molar-refractivity contribution >= 4 is 18.0 Å². The highest BCUT2D eigenvalue weighted by Crippen LogP contribution is 2.08. The molecule has 0 radical (unpaired) electrons. The second-order valence-electron chi connectivity index (χ2n) is 4.63. The lowest BCUT2D eigenvalue weighted by atomic mass is 10.1. The van der Waals surface area contributed by atoms with Crippen LogP contribution in [-0.2, 0) is 14.3 Å². The highest BCUT2D eigenvalue weighted by atomic mass is 16.6. The summed E-state index contributed by atoms with van der Waals surface area (Å²) < 4.78 is 4.80. The molecule has 8 nitrogen and oxygen atoms in total. The van der Waals surface area contributed by atoms with Crippen molar-refractivity contribution in [3.05, 3.63) is 0 Å². The molecule has 1 amide bonds. The van der Waals surface area contributed by atoms with Crippen LogP contribution in [-0.4, -0.2) is 51.1 Å². The predicted octanol–water partition coefficient (Wildman–Crippen LogP) is -0.200. The Morgan fingerprint density at radius 2 is 1.72 bits per heavy atom. The second-order valence-corrected chi connectivity index (χ2v) is 4.63. The Morgan fingerprint density at radius 3 is 2.06 bits per heavy atom. The smallest absolute Gasteiger partial charge is 0.408 e. The predicted molar refractivity (Wildman–Crippen MR) is 59.1 cm³/mol. The molecule has 0 rings (SSSR count). The van der Waals surface area contributed by atoms with Gasteiger partial charge in [-0.1, -0.05) is 0 Å². The van der Waals surface area contributed by atoms with Gasteiger partial charge in [-0.25, -0.2) is 9.59 Å². The lowest BCUT2D eigenvalue weighted by molar-refractivity contribution is -0.145. The van der Waals surface area contributed by atoms with Gasteiger partial charge in [0.05, 0.1) is 12.5 Å². The molecule has 0 aromatic rings. The van der Waals surface area contributed by atoms with E-state index in [-0.39, 0.29) is 0 Å². The van der Waals surface area contributed by atoms with Gasteiger partial charge in [0.1, 0.15) is 5.60 Å². The molecule has 0 aromatic carbocycles. The number of carbonyl (C=O) groups is 3. The Kier molecular flexibility index (Phi) is 5.57. The first-order valence-electron chi connectivity index (χ1n) is 5.15. The van der Waals surface area contributed by atoms with Crippen LogP contribution in [0.15, 0.2) is 0 Å². The Hall–Kier alpha value is -1.83. The molecular weight excluding hydrogens is 246 g/mol. The van der Waals surface area contributed by atoms with Crippen molar-refractivity contribution in [1.29, 1.82) is 0 Å². The molecule has 8 heteroatoms. The van der Waals surface area contributed by atoms with E-state index >= 15 is 0 Å². The number of amides is 1. The minimum atomic E-state index is -1.74. The van der Waals surface area contributed by atoms with Crippen molar-refractivity contribution in [2.75, 3.05) is 0 Å². The van der Waals surface area contributed by atoms with Crippen LogP contribution in [0.25, 0.3) is 0 Å². The normalized spacial score (nSPS) is 14.4. The fourth-order valence-electron chi connectivity index (χ4n) is 1.05. The Bertz CT molecular complexity index is 334. The fraction of sp³-hybridized carbons (Fsp3) is 0.700. The molecule has 0 heterocycles. The molecule has 0 aliphatic rings. The number of aliphatic hydroxyl groups excluding tert-OH is 1. The average Bonchev–Trinajstić information content (AvgIpc) is 2.09. The highest BCUT2D eigenvalue weighted by Gasteiger charge is 2.31. The number of rotatable bonds is 5. The number of hydrogen-bond donors (Lipinski definition) is 4. The standard InChI is InChI=1S/C10H17NO7/c1-10(2,3)18-9(17)11-7(8(15)16)5(12)4-6(13)14/h5,7,12H,4H2,1-3H3,(H,11,17)(H,13,14)(H,15,16)/t5-,7-/m0/s1. The van der Waals surface area contributed by atoms with Gasteiger partial charge in [0.25, 0.3) is 0 Å². The van der Waals surface area contributed by atoms with Gasteiger partial charge in [0.15, 0.2) is 6.04 Å². The third-order valence-electron chi connectivity index (χ3n) is 1.71. The summed E-state index contributed by atoms with van der Waals surface area (Å²) in [7, 11) is 0. The SMILES string of the molecule is CC(C)(C)OC(=O)N[C@H](C(=O)O)[C@@H](O)CC(=O)O. The van der Waals surface area contributed by atoms with E-state index in [0.29, 0.717) is 0 Å². The second kappa shape index (κ2) is 6.20. The molecule has 0 aliphatic heterocycles. The summed E-state index contributed by atoms with van der Waals surface area (Å²) in [6.07, 6.45) is -3.58. The number of alkyl carbamates (subject to hydrolysis) is 1. The zero-order valence-corrected chi connectivity index (χ0v) is 10.3. The van der Waals surface area contributed by atoms with Crippen molar-refractivity contribution in [2.45, 2.75) is 44.9 Å². The van der Waals surface area contributed by atoms with Gasteiger partial charge < -0.3 is 25.4 Å². The molecule has 2 atom stereocenters. The van der Waals surface area contributed by atoms with Gasteiger partial charge in [0, 0.05) is 0 Å². The lowest BCUT2D eigenvalue weighted by Gasteiger charge is -2.23. The molecule has 104 valence electrons. The first-order chi connectivity index (χ1) is 8.03. The van der Waals surface area contributed by atoms with Gasteiger partial charge in [-0.2, -0.15) is 0 Å². The number of hydrogen-bond acceptors (Lipinski definition) is 5. The van der Waals surface area contributed by atoms with E-state index in [1.165, 1.54) is 0 Å². The molecule has 0 unspecified atom stereocenters. The summed E-state index contributed by atoms with van der Waals surface area (Å²) >= 11 is 0. The number of carboxylic acids is 2. The van der Waals surface area contributed by atoms with Crippen LogP contribution in [0.3, 0.4) is 0 Å². The molecule has 0 aromatic heterocycles. The number of aliphatic carboxylic acids is 2. The molecule has 0 saturated heterocycles. The van der Waals surface area contributed by atoms with Crippen LogP contribution in [0, 0.1) is 0 Å². The van der Waals surface area contributed by atoms with Crippen LogP contribution in [0.5, 0.6) is 0 Å². The van der Waals surface area contributed by atoms with Gasteiger partial charge >= 0.3 is 18.0 Å². The van der Waals surface area contributed by atoms with Crippen molar-refractivity contribution in [3.63, 3.8) is 0 Å². The van der Waals surface area contributed by atoms with Crippen molar-refractivity contribution < 1.29 is 34.4 Å². The Morgan fingerprint density at radius 1 is 1.22 bits per heavy atom.